The molecule has 0 saturated carbocycles. The number of nitriles is 1. The van der Waals surface area contributed by atoms with Crippen molar-refractivity contribution in [1.82, 2.24) is 4.90 Å². The summed E-state index contributed by atoms with van der Waals surface area (Å²) in [6.45, 7) is -0.410. The van der Waals surface area contributed by atoms with E-state index in [1.54, 1.807) is 0 Å². The van der Waals surface area contributed by atoms with Gasteiger partial charge in [-0.2, -0.15) is 5.26 Å². The minimum Gasteiger partial charge on any atom is -0.480 e. The monoisotopic (exact) mass is 366 g/mol. The summed E-state index contributed by atoms with van der Waals surface area (Å²) in [5.41, 5.74) is 0.851. The number of nitrogens with zero attached hydrogens (tertiary/aromatic N) is 2. The van der Waals surface area contributed by atoms with Gasteiger partial charge in [0.25, 0.3) is 0 Å². The van der Waals surface area contributed by atoms with Crippen molar-refractivity contribution in [3.05, 3.63) is 71.8 Å². The van der Waals surface area contributed by atoms with Crippen LogP contribution in [0, 0.1) is 11.3 Å². The van der Waals surface area contributed by atoms with E-state index in [4.69, 9.17) is 10.2 Å². The number of benzene rings is 2. The quantitative estimate of drug-likeness (QED) is 0.670. The molecule has 0 heterocycles. The summed E-state index contributed by atoms with van der Waals surface area (Å²) >= 11 is 0. The van der Waals surface area contributed by atoms with Crippen LogP contribution in [0.2, 0.25) is 0 Å². The van der Waals surface area contributed by atoms with Crippen molar-refractivity contribution in [2.45, 2.75) is 18.3 Å². The Balaban J connectivity index is 2.24. The fraction of sp³-hybridized carbons (Fsp3) is 0.286. The zero-order chi connectivity index (χ0) is 19.7. The van der Waals surface area contributed by atoms with Gasteiger partial charge in [-0.3, -0.25) is 14.5 Å². The van der Waals surface area contributed by atoms with Crippen molar-refractivity contribution in [3.63, 3.8) is 0 Å². The van der Waals surface area contributed by atoms with E-state index in [0.29, 0.717) is 12.8 Å². The number of rotatable bonds is 10. The summed E-state index contributed by atoms with van der Waals surface area (Å²) in [7, 11) is 0. The van der Waals surface area contributed by atoms with Gasteiger partial charge in [-0.25, -0.2) is 0 Å². The second-order valence-corrected chi connectivity index (χ2v) is 6.35. The molecule has 2 N–H and O–H groups in total. The second kappa shape index (κ2) is 9.51. The van der Waals surface area contributed by atoms with Crippen LogP contribution < -0.4 is 0 Å². The molecule has 0 fully saturated rings. The summed E-state index contributed by atoms with van der Waals surface area (Å²) < 4.78 is 0. The van der Waals surface area contributed by atoms with Gasteiger partial charge in [0.05, 0.1) is 19.2 Å². The molecule has 0 atom stereocenters. The summed E-state index contributed by atoms with van der Waals surface area (Å²) in [5.74, 6) is -2.15. The lowest BCUT2D eigenvalue weighted by Crippen LogP contribution is -2.36. The molecule has 2 aromatic carbocycles. The van der Waals surface area contributed by atoms with Crippen molar-refractivity contribution in [1.29, 1.82) is 5.26 Å². The highest BCUT2D eigenvalue weighted by Crippen LogP contribution is 2.36. The minimum atomic E-state index is -1.08. The second-order valence-electron chi connectivity index (χ2n) is 6.35. The van der Waals surface area contributed by atoms with Crippen LogP contribution >= 0.6 is 0 Å². The van der Waals surface area contributed by atoms with E-state index in [-0.39, 0.29) is 19.6 Å². The van der Waals surface area contributed by atoms with Gasteiger partial charge < -0.3 is 10.2 Å². The first-order valence-corrected chi connectivity index (χ1v) is 8.66. The molecular formula is C21H22N2O4. The van der Waals surface area contributed by atoms with Gasteiger partial charge in [0, 0.05) is 0 Å². The van der Waals surface area contributed by atoms with E-state index in [1.165, 1.54) is 4.90 Å². The lowest BCUT2D eigenvalue weighted by Gasteiger charge is -2.29. The van der Waals surface area contributed by atoms with E-state index in [2.05, 4.69) is 6.07 Å². The zero-order valence-electron chi connectivity index (χ0n) is 14.9. The highest BCUT2D eigenvalue weighted by molar-refractivity contribution is 5.72. The predicted molar refractivity (Wildman–Crippen MR) is 100 cm³/mol. The third-order valence-corrected chi connectivity index (χ3v) is 4.47. The van der Waals surface area contributed by atoms with Crippen LogP contribution in [-0.4, -0.2) is 46.7 Å². The zero-order valence-corrected chi connectivity index (χ0v) is 14.9. The molecular weight excluding hydrogens is 344 g/mol. The minimum absolute atomic E-state index is 0.279. The highest BCUT2D eigenvalue weighted by Gasteiger charge is 2.34. The van der Waals surface area contributed by atoms with Gasteiger partial charge in [-0.15, -0.1) is 0 Å². The third kappa shape index (κ3) is 5.40. The predicted octanol–water partition coefficient (Wildman–Crippen LogP) is 2.75. The van der Waals surface area contributed by atoms with Crippen LogP contribution in [0.1, 0.15) is 24.0 Å². The molecule has 0 aliphatic rings. The first kappa shape index (κ1) is 20.1. The maximum absolute atomic E-state index is 11.0. The largest absolute Gasteiger partial charge is 0.480 e. The molecule has 6 heteroatoms. The van der Waals surface area contributed by atoms with Gasteiger partial charge in [-0.1, -0.05) is 60.7 Å². The SMILES string of the molecule is N#CC(CCCN(CC(=O)O)CC(=O)O)(c1ccccc1)c1ccccc1. The average Bonchev–Trinajstić information content (AvgIpc) is 2.66. The van der Waals surface area contributed by atoms with E-state index in [0.717, 1.165) is 11.1 Å². The molecule has 0 radical (unpaired) electrons. The van der Waals surface area contributed by atoms with E-state index < -0.39 is 17.4 Å². The maximum Gasteiger partial charge on any atom is 0.317 e. The molecule has 0 amide bonds. The topological polar surface area (TPSA) is 102 Å². The maximum atomic E-state index is 11.0. The first-order valence-electron chi connectivity index (χ1n) is 8.66. The van der Waals surface area contributed by atoms with E-state index >= 15 is 0 Å². The van der Waals surface area contributed by atoms with Crippen LogP contribution in [-0.2, 0) is 15.0 Å². The smallest absolute Gasteiger partial charge is 0.317 e. The molecule has 0 saturated heterocycles. The van der Waals surface area contributed by atoms with Crippen LogP contribution in [0.15, 0.2) is 60.7 Å². The van der Waals surface area contributed by atoms with Gasteiger partial charge in [0.2, 0.25) is 0 Å². The number of carboxylic acids is 2. The summed E-state index contributed by atoms with van der Waals surface area (Å²) in [4.78, 5) is 23.3. The Morgan fingerprint density at radius 2 is 1.33 bits per heavy atom. The Kier molecular flexibility index (Phi) is 7.09. The van der Waals surface area contributed by atoms with Crippen LogP contribution in [0.5, 0.6) is 0 Å². The summed E-state index contributed by atoms with van der Waals surface area (Å²) in [6, 6.07) is 21.4. The van der Waals surface area contributed by atoms with Crippen LogP contribution in [0.3, 0.4) is 0 Å². The average molecular weight is 366 g/mol. The number of carboxylic acid groups (broad SMARTS) is 2. The van der Waals surface area contributed by atoms with E-state index in [1.807, 2.05) is 60.7 Å². The molecule has 0 aliphatic heterocycles. The fourth-order valence-electron chi connectivity index (χ4n) is 3.25. The molecule has 27 heavy (non-hydrogen) atoms. The fourth-order valence-corrected chi connectivity index (χ4v) is 3.25. The Bertz CT molecular complexity index is 744. The molecule has 2 aromatic rings. The number of aliphatic carboxylic acids is 2. The molecule has 0 bridgehead atoms. The number of hydrogen-bond donors (Lipinski definition) is 2. The Hall–Kier alpha value is -3.17. The molecule has 0 aromatic heterocycles. The first-order chi connectivity index (χ1) is 13.0. The molecule has 6 nitrogen and oxygen atoms in total. The van der Waals surface area contributed by atoms with Crippen molar-refractivity contribution in [3.8, 4) is 6.07 Å². The molecule has 0 unspecified atom stereocenters. The molecule has 2 rings (SSSR count). The van der Waals surface area contributed by atoms with Gasteiger partial charge in [0.1, 0.15) is 5.41 Å². The Labute approximate surface area is 158 Å². The Morgan fingerprint density at radius 3 is 1.70 bits per heavy atom. The van der Waals surface area contributed by atoms with Crippen LogP contribution in [0.25, 0.3) is 0 Å². The lowest BCUT2D eigenvalue weighted by atomic mass is 9.72. The highest BCUT2D eigenvalue weighted by atomic mass is 16.4. The van der Waals surface area contributed by atoms with Crippen molar-refractivity contribution >= 4 is 11.9 Å². The number of carbonyl (C=O) groups is 2. The van der Waals surface area contributed by atoms with Crippen molar-refractivity contribution < 1.29 is 19.8 Å². The third-order valence-electron chi connectivity index (χ3n) is 4.47. The van der Waals surface area contributed by atoms with E-state index in [9.17, 15) is 14.9 Å². The Morgan fingerprint density at radius 1 is 0.889 bits per heavy atom. The molecule has 140 valence electrons. The summed E-state index contributed by atoms with van der Waals surface area (Å²) in [6.07, 6.45) is 0.936. The molecule has 0 spiro atoms. The van der Waals surface area contributed by atoms with Gasteiger partial charge in [-0.05, 0) is 30.5 Å². The number of hydrogen-bond acceptors (Lipinski definition) is 4. The standard InChI is InChI=1S/C21H22N2O4/c22-16-21(17-8-3-1-4-9-17,18-10-5-2-6-11-18)12-7-13-23(14-19(24)25)15-20(26)27/h1-6,8-11H,7,12-15H2,(H,24,25)(H,26,27). The van der Waals surface area contributed by atoms with Crippen molar-refractivity contribution in [2.24, 2.45) is 0 Å². The van der Waals surface area contributed by atoms with Crippen LogP contribution in [0.4, 0.5) is 0 Å². The van der Waals surface area contributed by atoms with Gasteiger partial charge in [0.15, 0.2) is 0 Å². The van der Waals surface area contributed by atoms with Crippen molar-refractivity contribution in [2.75, 3.05) is 19.6 Å². The lowest BCUT2D eigenvalue weighted by molar-refractivity contribution is -0.141. The van der Waals surface area contributed by atoms with Gasteiger partial charge >= 0.3 is 11.9 Å². The molecule has 0 aliphatic carbocycles. The summed E-state index contributed by atoms with van der Waals surface area (Å²) in [5, 5.41) is 28.0. The normalized spacial score (nSPS) is 11.1.